The highest BCUT2D eigenvalue weighted by molar-refractivity contribution is 5.96. The molecule has 1 amide bonds. The Morgan fingerprint density at radius 3 is 2.42 bits per heavy atom. The molecule has 0 radical (unpaired) electrons. The fraction of sp³-hybridized carbons (Fsp3) is 0.300. The van der Waals surface area contributed by atoms with Crippen molar-refractivity contribution in [1.29, 1.82) is 0 Å². The van der Waals surface area contributed by atoms with Crippen molar-refractivity contribution in [2.45, 2.75) is 38.3 Å². The van der Waals surface area contributed by atoms with E-state index in [0.29, 0.717) is 31.4 Å². The van der Waals surface area contributed by atoms with Gasteiger partial charge in [0.15, 0.2) is 5.76 Å². The van der Waals surface area contributed by atoms with Crippen molar-refractivity contribution in [2.24, 2.45) is 0 Å². The highest BCUT2D eigenvalue weighted by Crippen LogP contribution is 2.35. The second-order valence-corrected chi connectivity index (χ2v) is 9.79. The Morgan fingerprint density at radius 2 is 1.69 bits per heavy atom. The monoisotopic (exact) mass is 486 g/mol. The summed E-state index contributed by atoms with van der Waals surface area (Å²) in [6, 6.07) is 22.2. The fourth-order valence-electron chi connectivity index (χ4n) is 4.82. The molecule has 5 rings (SSSR count). The van der Waals surface area contributed by atoms with Crippen LogP contribution in [0.15, 0.2) is 77.2 Å². The Balaban J connectivity index is 1.19. The summed E-state index contributed by atoms with van der Waals surface area (Å²) >= 11 is 0. The predicted octanol–water partition coefficient (Wildman–Crippen LogP) is 5.34. The minimum atomic E-state index is -0.896. The Bertz CT molecular complexity index is 1340. The summed E-state index contributed by atoms with van der Waals surface area (Å²) < 4.78 is 18.8. The van der Waals surface area contributed by atoms with E-state index in [1.807, 2.05) is 18.2 Å². The molecule has 36 heavy (non-hydrogen) atoms. The van der Waals surface area contributed by atoms with Gasteiger partial charge < -0.3 is 14.8 Å². The van der Waals surface area contributed by atoms with Gasteiger partial charge in [-0.3, -0.25) is 9.69 Å². The van der Waals surface area contributed by atoms with E-state index in [0.717, 1.165) is 36.1 Å². The first-order valence-electron chi connectivity index (χ1n) is 12.4. The van der Waals surface area contributed by atoms with E-state index in [1.54, 1.807) is 18.2 Å². The van der Waals surface area contributed by atoms with Gasteiger partial charge in [-0.1, -0.05) is 48.0 Å². The third-order valence-electron chi connectivity index (χ3n) is 7.10. The molecule has 1 aliphatic heterocycles. The molecule has 2 N–H and O–H groups in total. The Kier molecular flexibility index (Phi) is 6.90. The van der Waals surface area contributed by atoms with Crippen LogP contribution in [0.1, 0.15) is 45.7 Å². The van der Waals surface area contributed by atoms with Crippen molar-refractivity contribution in [3.05, 3.63) is 107 Å². The first kappa shape index (κ1) is 24.2. The smallest absolute Gasteiger partial charge is 0.287 e. The fourth-order valence-corrected chi connectivity index (χ4v) is 4.82. The highest BCUT2D eigenvalue weighted by atomic mass is 19.1. The largest absolute Gasteiger partial charge is 0.451 e. The van der Waals surface area contributed by atoms with Gasteiger partial charge in [-0.25, -0.2) is 4.39 Å². The maximum Gasteiger partial charge on any atom is 0.287 e. The number of carbonyl (C=O) groups is 1. The van der Waals surface area contributed by atoms with Crippen LogP contribution >= 0.6 is 0 Å². The number of nitrogens with one attached hydrogen (secondary N) is 1. The van der Waals surface area contributed by atoms with Crippen LogP contribution in [-0.2, 0) is 18.6 Å². The molecular formula is C30H31FN2O3. The minimum absolute atomic E-state index is 0.237. The summed E-state index contributed by atoms with van der Waals surface area (Å²) in [5, 5.41) is 15.1. The van der Waals surface area contributed by atoms with Gasteiger partial charge in [0.05, 0.1) is 5.60 Å². The average molecular weight is 487 g/mol. The Labute approximate surface area is 210 Å². The van der Waals surface area contributed by atoms with E-state index >= 15 is 0 Å². The number of likely N-dealkylation sites (tertiary alicyclic amines) is 1. The van der Waals surface area contributed by atoms with E-state index < -0.39 is 5.60 Å². The Morgan fingerprint density at radius 1 is 1.00 bits per heavy atom. The van der Waals surface area contributed by atoms with Crippen molar-refractivity contribution >= 4 is 16.9 Å². The second-order valence-electron chi connectivity index (χ2n) is 9.79. The number of benzene rings is 3. The summed E-state index contributed by atoms with van der Waals surface area (Å²) in [5.41, 5.74) is 4.06. The van der Waals surface area contributed by atoms with Crippen LogP contribution in [0, 0.1) is 12.7 Å². The van der Waals surface area contributed by atoms with Crippen LogP contribution in [0.2, 0.25) is 0 Å². The number of aryl methyl sites for hydroxylation is 1. The van der Waals surface area contributed by atoms with E-state index in [4.69, 9.17) is 4.42 Å². The zero-order valence-corrected chi connectivity index (χ0v) is 20.5. The number of aliphatic hydroxyl groups is 1. The molecule has 5 nitrogen and oxygen atoms in total. The SMILES string of the molecule is Cc1ccc(CN2CCC(O)(c3ccc4oc(C(=O)NCCc5ccc(F)cc5)cc4c3)CC2)cc1. The molecule has 186 valence electrons. The molecule has 0 bridgehead atoms. The number of halogens is 1. The summed E-state index contributed by atoms with van der Waals surface area (Å²) in [5.74, 6) is -0.332. The lowest BCUT2D eigenvalue weighted by atomic mass is 9.84. The lowest BCUT2D eigenvalue weighted by Gasteiger charge is -2.38. The van der Waals surface area contributed by atoms with E-state index in [1.165, 1.54) is 23.3 Å². The first-order valence-corrected chi connectivity index (χ1v) is 12.4. The van der Waals surface area contributed by atoms with Crippen LogP contribution in [0.25, 0.3) is 11.0 Å². The predicted molar refractivity (Wildman–Crippen MR) is 138 cm³/mol. The van der Waals surface area contributed by atoms with Gasteiger partial charge in [0.1, 0.15) is 11.4 Å². The second kappa shape index (κ2) is 10.2. The molecule has 1 saturated heterocycles. The molecule has 0 unspecified atom stereocenters. The molecule has 0 saturated carbocycles. The molecule has 6 heteroatoms. The number of hydrogen-bond donors (Lipinski definition) is 2. The zero-order valence-electron chi connectivity index (χ0n) is 20.5. The molecule has 1 fully saturated rings. The average Bonchev–Trinajstić information content (AvgIpc) is 3.32. The van der Waals surface area contributed by atoms with Crippen LogP contribution in [0.5, 0.6) is 0 Å². The van der Waals surface area contributed by atoms with E-state index in [9.17, 15) is 14.3 Å². The summed E-state index contributed by atoms with van der Waals surface area (Å²) in [4.78, 5) is 15.0. The van der Waals surface area contributed by atoms with Gasteiger partial charge in [0, 0.05) is 31.6 Å². The van der Waals surface area contributed by atoms with Crippen LogP contribution < -0.4 is 5.32 Å². The van der Waals surface area contributed by atoms with Gasteiger partial charge in [0.25, 0.3) is 5.91 Å². The van der Waals surface area contributed by atoms with Crippen LogP contribution in [0.3, 0.4) is 0 Å². The summed E-state index contributed by atoms with van der Waals surface area (Å²) in [6.07, 6.45) is 1.91. The summed E-state index contributed by atoms with van der Waals surface area (Å²) in [7, 11) is 0. The molecule has 2 heterocycles. The molecule has 0 aliphatic carbocycles. The topological polar surface area (TPSA) is 65.7 Å². The van der Waals surface area contributed by atoms with Crippen molar-refractivity contribution in [3.8, 4) is 0 Å². The summed E-state index contributed by atoms with van der Waals surface area (Å²) in [6.45, 7) is 5.03. The third-order valence-corrected chi connectivity index (χ3v) is 7.10. The maximum atomic E-state index is 13.0. The van der Waals surface area contributed by atoms with Crippen LogP contribution in [-0.4, -0.2) is 35.5 Å². The van der Waals surface area contributed by atoms with Gasteiger partial charge in [-0.05, 0) is 73.2 Å². The molecule has 0 spiro atoms. The first-order chi connectivity index (χ1) is 17.4. The molecule has 0 atom stereocenters. The molecular weight excluding hydrogens is 455 g/mol. The number of rotatable bonds is 7. The number of hydrogen-bond acceptors (Lipinski definition) is 4. The van der Waals surface area contributed by atoms with Crippen molar-refractivity contribution in [1.82, 2.24) is 10.2 Å². The van der Waals surface area contributed by atoms with Gasteiger partial charge in [-0.2, -0.15) is 0 Å². The zero-order chi connectivity index (χ0) is 25.1. The molecule has 1 aromatic heterocycles. The number of fused-ring (bicyclic) bond motifs is 1. The lowest BCUT2D eigenvalue weighted by Crippen LogP contribution is -2.42. The third kappa shape index (κ3) is 5.50. The molecule has 4 aromatic rings. The number of nitrogens with zero attached hydrogens (tertiary/aromatic N) is 1. The lowest BCUT2D eigenvalue weighted by molar-refractivity contribution is -0.0276. The van der Waals surface area contributed by atoms with Crippen molar-refractivity contribution in [3.63, 3.8) is 0 Å². The van der Waals surface area contributed by atoms with E-state index in [-0.39, 0.29) is 17.5 Å². The maximum absolute atomic E-state index is 13.0. The number of furan rings is 1. The van der Waals surface area contributed by atoms with Gasteiger partial charge >= 0.3 is 0 Å². The van der Waals surface area contributed by atoms with Gasteiger partial charge in [0.2, 0.25) is 0 Å². The quantitative estimate of drug-likeness (QED) is 0.370. The van der Waals surface area contributed by atoms with Crippen LogP contribution in [0.4, 0.5) is 4.39 Å². The Hall–Kier alpha value is -3.48. The number of piperidine rings is 1. The number of carbonyl (C=O) groups excluding carboxylic acids is 1. The minimum Gasteiger partial charge on any atom is -0.451 e. The van der Waals surface area contributed by atoms with E-state index in [2.05, 4.69) is 41.4 Å². The number of amides is 1. The molecule has 3 aromatic carbocycles. The normalized spacial score (nSPS) is 15.8. The van der Waals surface area contributed by atoms with Crippen molar-refractivity contribution in [2.75, 3.05) is 19.6 Å². The standard InChI is InChI=1S/C30H31FN2O3/c1-21-2-4-23(5-3-21)20-33-16-13-30(35,14-17-33)25-8-11-27-24(18-25)19-28(36-27)29(34)32-15-12-22-6-9-26(31)10-7-22/h2-11,18-19,35H,12-17,20H2,1H3,(H,32,34). The van der Waals surface area contributed by atoms with Crippen molar-refractivity contribution < 1.29 is 18.7 Å². The molecule has 1 aliphatic rings. The highest BCUT2D eigenvalue weighted by Gasteiger charge is 2.34. The van der Waals surface area contributed by atoms with Gasteiger partial charge in [-0.15, -0.1) is 0 Å².